The van der Waals surface area contributed by atoms with Gasteiger partial charge in [0.05, 0.1) is 4.90 Å². The number of nitrogens with zero attached hydrogens (tertiary/aromatic N) is 1. The van der Waals surface area contributed by atoms with E-state index in [1.54, 1.807) is 31.5 Å². The van der Waals surface area contributed by atoms with Crippen LogP contribution < -0.4 is 4.72 Å². The molecule has 0 atom stereocenters. The first-order chi connectivity index (χ1) is 11.9. The van der Waals surface area contributed by atoms with Gasteiger partial charge in [0.1, 0.15) is 5.82 Å². The average Bonchev–Trinajstić information content (AvgIpc) is 2.59. The fourth-order valence-electron chi connectivity index (χ4n) is 2.50. The Hall–Kier alpha value is -2.73. The van der Waals surface area contributed by atoms with Crippen LogP contribution in [0.5, 0.6) is 0 Å². The molecule has 128 valence electrons. The van der Waals surface area contributed by atoms with Gasteiger partial charge in [0, 0.05) is 18.1 Å². The van der Waals surface area contributed by atoms with Gasteiger partial charge in [-0.1, -0.05) is 18.2 Å². The SMILES string of the molecule is Cc1ccc(F)cc1S(=O)(=O)Nc1ccc(Cc2ccncc2)cc1. The highest BCUT2D eigenvalue weighted by Crippen LogP contribution is 2.21. The van der Waals surface area contributed by atoms with E-state index in [2.05, 4.69) is 9.71 Å². The minimum atomic E-state index is -3.84. The summed E-state index contributed by atoms with van der Waals surface area (Å²) in [5.41, 5.74) is 3.10. The van der Waals surface area contributed by atoms with Crippen molar-refractivity contribution in [2.24, 2.45) is 0 Å². The van der Waals surface area contributed by atoms with E-state index < -0.39 is 15.8 Å². The van der Waals surface area contributed by atoms with Gasteiger partial charge in [0.15, 0.2) is 0 Å². The molecule has 0 aliphatic carbocycles. The van der Waals surface area contributed by atoms with Crippen LogP contribution in [0.25, 0.3) is 0 Å². The molecule has 25 heavy (non-hydrogen) atoms. The van der Waals surface area contributed by atoms with Crippen molar-refractivity contribution in [3.8, 4) is 0 Å². The predicted molar refractivity (Wildman–Crippen MR) is 95.4 cm³/mol. The van der Waals surface area contributed by atoms with E-state index >= 15 is 0 Å². The lowest BCUT2D eigenvalue weighted by atomic mass is 10.1. The molecule has 1 aromatic heterocycles. The number of hydrogen-bond acceptors (Lipinski definition) is 3. The summed E-state index contributed by atoms with van der Waals surface area (Å²) in [6, 6.07) is 14.7. The second kappa shape index (κ2) is 7.03. The second-order valence-corrected chi connectivity index (χ2v) is 7.40. The minimum absolute atomic E-state index is 0.0617. The number of aryl methyl sites for hydroxylation is 1. The monoisotopic (exact) mass is 356 g/mol. The third kappa shape index (κ3) is 4.22. The molecular weight excluding hydrogens is 339 g/mol. The number of anilines is 1. The Morgan fingerprint density at radius 3 is 2.28 bits per heavy atom. The second-order valence-electron chi connectivity index (χ2n) is 5.74. The van der Waals surface area contributed by atoms with Crippen molar-refractivity contribution in [1.82, 2.24) is 4.98 Å². The standard InChI is InChI=1S/C19H17FN2O2S/c1-14-2-5-17(20)13-19(14)25(23,24)22-18-6-3-15(4-7-18)12-16-8-10-21-11-9-16/h2-11,13,22H,12H2,1H3. The van der Waals surface area contributed by atoms with Gasteiger partial charge in [-0.05, 0) is 66.4 Å². The summed E-state index contributed by atoms with van der Waals surface area (Å²) in [6.07, 6.45) is 4.21. The van der Waals surface area contributed by atoms with Gasteiger partial charge in [0.25, 0.3) is 10.0 Å². The van der Waals surface area contributed by atoms with Crippen molar-refractivity contribution < 1.29 is 12.8 Å². The lowest BCUT2D eigenvalue weighted by Crippen LogP contribution is -2.14. The van der Waals surface area contributed by atoms with Crippen LogP contribution in [0.4, 0.5) is 10.1 Å². The first-order valence-electron chi connectivity index (χ1n) is 7.71. The van der Waals surface area contributed by atoms with Crippen molar-refractivity contribution in [2.75, 3.05) is 4.72 Å². The van der Waals surface area contributed by atoms with Crippen LogP contribution in [0.2, 0.25) is 0 Å². The van der Waals surface area contributed by atoms with Crippen LogP contribution in [0.1, 0.15) is 16.7 Å². The topological polar surface area (TPSA) is 59.1 Å². The van der Waals surface area contributed by atoms with E-state index in [1.807, 2.05) is 24.3 Å². The summed E-state index contributed by atoms with van der Waals surface area (Å²) < 4.78 is 40.8. The van der Waals surface area contributed by atoms with Crippen LogP contribution in [0, 0.1) is 12.7 Å². The smallest absolute Gasteiger partial charge is 0.262 e. The molecule has 1 N–H and O–H groups in total. The number of benzene rings is 2. The van der Waals surface area contributed by atoms with Crippen molar-refractivity contribution in [3.63, 3.8) is 0 Å². The Labute approximate surface area is 146 Å². The van der Waals surface area contributed by atoms with Crippen LogP contribution in [0.15, 0.2) is 71.9 Å². The summed E-state index contributed by atoms with van der Waals surface area (Å²) in [5, 5.41) is 0. The van der Waals surface area contributed by atoms with E-state index in [-0.39, 0.29) is 4.90 Å². The molecule has 6 heteroatoms. The number of pyridine rings is 1. The van der Waals surface area contributed by atoms with E-state index in [4.69, 9.17) is 0 Å². The van der Waals surface area contributed by atoms with E-state index in [9.17, 15) is 12.8 Å². The van der Waals surface area contributed by atoms with Gasteiger partial charge in [-0.2, -0.15) is 0 Å². The highest BCUT2D eigenvalue weighted by molar-refractivity contribution is 7.92. The molecule has 2 aromatic carbocycles. The number of nitrogens with one attached hydrogen (secondary N) is 1. The predicted octanol–water partition coefficient (Wildman–Crippen LogP) is 3.92. The summed E-state index contributed by atoms with van der Waals surface area (Å²) >= 11 is 0. The fourth-order valence-corrected chi connectivity index (χ4v) is 3.82. The van der Waals surface area contributed by atoms with Crippen LogP contribution in [-0.4, -0.2) is 13.4 Å². The maximum atomic E-state index is 13.4. The lowest BCUT2D eigenvalue weighted by molar-refractivity contribution is 0.594. The summed E-state index contributed by atoms with van der Waals surface area (Å²) in [6.45, 7) is 1.63. The van der Waals surface area contributed by atoms with Gasteiger partial charge >= 0.3 is 0 Å². The van der Waals surface area contributed by atoms with Crippen molar-refractivity contribution in [1.29, 1.82) is 0 Å². The van der Waals surface area contributed by atoms with Crippen molar-refractivity contribution >= 4 is 15.7 Å². The molecule has 1 heterocycles. The Bertz CT molecular complexity index is 972. The largest absolute Gasteiger partial charge is 0.280 e. The normalized spacial score (nSPS) is 11.3. The zero-order valence-electron chi connectivity index (χ0n) is 13.6. The third-order valence-corrected chi connectivity index (χ3v) is 5.33. The molecule has 3 rings (SSSR count). The maximum absolute atomic E-state index is 13.4. The fraction of sp³-hybridized carbons (Fsp3) is 0.105. The third-order valence-electron chi connectivity index (χ3n) is 3.80. The van der Waals surface area contributed by atoms with Gasteiger partial charge in [-0.25, -0.2) is 12.8 Å². The first kappa shape index (κ1) is 17.1. The molecule has 0 amide bonds. The Balaban J connectivity index is 1.78. The number of sulfonamides is 1. The zero-order valence-corrected chi connectivity index (χ0v) is 14.4. The Morgan fingerprint density at radius 1 is 0.960 bits per heavy atom. The molecule has 0 fully saturated rings. The summed E-state index contributed by atoms with van der Waals surface area (Å²) in [5.74, 6) is -0.585. The molecule has 0 spiro atoms. The Morgan fingerprint density at radius 2 is 1.60 bits per heavy atom. The summed E-state index contributed by atoms with van der Waals surface area (Å²) in [4.78, 5) is 3.92. The van der Waals surface area contributed by atoms with Crippen LogP contribution >= 0.6 is 0 Å². The molecule has 0 aliphatic rings. The van der Waals surface area contributed by atoms with E-state index in [0.717, 1.165) is 23.6 Å². The highest BCUT2D eigenvalue weighted by Gasteiger charge is 2.17. The first-order valence-corrected chi connectivity index (χ1v) is 9.19. The molecule has 0 saturated carbocycles. The van der Waals surface area contributed by atoms with Crippen LogP contribution in [-0.2, 0) is 16.4 Å². The van der Waals surface area contributed by atoms with Crippen molar-refractivity contribution in [3.05, 3.63) is 89.5 Å². The molecule has 0 bridgehead atoms. The molecule has 4 nitrogen and oxygen atoms in total. The van der Waals surface area contributed by atoms with E-state index in [1.165, 1.54) is 12.1 Å². The number of rotatable bonds is 5. The number of aromatic nitrogens is 1. The lowest BCUT2D eigenvalue weighted by Gasteiger charge is -2.11. The number of halogens is 1. The Kier molecular flexibility index (Phi) is 4.81. The molecule has 0 unspecified atom stereocenters. The van der Waals surface area contributed by atoms with Gasteiger partial charge in [-0.15, -0.1) is 0 Å². The number of hydrogen-bond donors (Lipinski definition) is 1. The molecule has 0 aliphatic heterocycles. The molecular formula is C19H17FN2O2S. The quantitative estimate of drug-likeness (QED) is 0.754. The summed E-state index contributed by atoms with van der Waals surface area (Å²) in [7, 11) is -3.84. The maximum Gasteiger partial charge on any atom is 0.262 e. The van der Waals surface area contributed by atoms with Gasteiger partial charge in [0.2, 0.25) is 0 Å². The molecule has 0 saturated heterocycles. The van der Waals surface area contributed by atoms with Crippen LogP contribution in [0.3, 0.4) is 0 Å². The molecule has 3 aromatic rings. The minimum Gasteiger partial charge on any atom is -0.280 e. The van der Waals surface area contributed by atoms with Gasteiger partial charge < -0.3 is 0 Å². The average molecular weight is 356 g/mol. The zero-order chi connectivity index (χ0) is 17.9. The van der Waals surface area contributed by atoms with E-state index in [0.29, 0.717) is 11.3 Å². The van der Waals surface area contributed by atoms with Crippen molar-refractivity contribution in [2.45, 2.75) is 18.2 Å². The van der Waals surface area contributed by atoms with Gasteiger partial charge in [-0.3, -0.25) is 9.71 Å². The highest BCUT2D eigenvalue weighted by atomic mass is 32.2. The molecule has 0 radical (unpaired) electrons.